The first kappa shape index (κ1) is 10.4. The summed E-state index contributed by atoms with van der Waals surface area (Å²) in [5.74, 6) is 0.345. The highest BCUT2D eigenvalue weighted by Gasteiger charge is 2.41. The zero-order valence-corrected chi connectivity index (χ0v) is 9.73. The SMILES string of the molecule is Nc1ccccc1N1CCCC2C(=O)NCC21. The van der Waals surface area contributed by atoms with Gasteiger partial charge in [-0.1, -0.05) is 12.1 Å². The minimum atomic E-state index is 0.142. The molecule has 2 atom stereocenters. The average Bonchev–Trinajstić information content (AvgIpc) is 2.72. The number of benzene rings is 1. The lowest BCUT2D eigenvalue weighted by molar-refractivity contribution is -0.122. The van der Waals surface area contributed by atoms with Crippen molar-refractivity contribution in [1.82, 2.24) is 5.32 Å². The highest BCUT2D eigenvalue weighted by Crippen LogP contribution is 2.34. The van der Waals surface area contributed by atoms with E-state index in [1.54, 1.807) is 0 Å². The summed E-state index contributed by atoms with van der Waals surface area (Å²) in [6.07, 6.45) is 2.06. The van der Waals surface area contributed by atoms with Gasteiger partial charge in [-0.2, -0.15) is 0 Å². The number of nitrogens with two attached hydrogens (primary N) is 1. The predicted molar refractivity (Wildman–Crippen MR) is 67.7 cm³/mol. The Morgan fingerprint density at radius 3 is 3.00 bits per heavy atom. The number of carbonyl (C=O) groups is 1. The Labute approximate surface area is 101 Å². The minimum absolute atomic E-state index is 0.142. The summed E-state index contributed by atoms with van der Waals surface area (Å²) in [6, 6.07) is 8.18. The maximum atomic E-state index is 11.7. The fourth-order valence-electron chi connectivity index (χ4n) is 3.00. The lowest BCUT2D eigenvalue weighted by atomic mass is 9.91. The van der Waals surface area contributed by atoms with Crippen molar-refractivity contribution in [2.24, 2.45) is 5.92 Å². The Bertz CT molecular complexity index is 446. The smallest absolute Gasteiger partial charge is 0.225 e. The van der Waals surface area contributed by atoms with Gasteiger partial charge in [0.15, 0.2) is 0 Å². The molecule has 0 aliphatic carbocycles. The summed E-state index contributed by atoms with van der Waals surface area (Å²) in [5.41, 5.74) is 7.89. The molecule has 0 bridgehead atoms. The third-order valence-corrected chi connectivity index (χ3v) is 3.85. The molecular formula is C13H17N3O. The third-order valence-electron chi connectivity index (χ3n) is 3.85. The predicted octanol–water partition coefficient (Wildman–Crippen LogP) is 0.984. The molecule has 4 nitrogen and oxygen atoms in total. The van der Waals surface area contributed by atoms with Crippen molar-refractivity contribution < 1.29 is 4.79 Å². The second-order valence-electron chi connectivity index (χ2n) is 4.81. The van der Waals surface area contributed by atoms with Crippen molar-refractivity contribution >= 4 is 17.3 Å². The third kappa shape index (κ3) is 1.64. The van der Waals surface area contributed by atoms with E-state index < -0.39 is 0 Å². The molecule has 0 radical (unpaired) electrons. The van der Waals surface area contributed by atoms with Crippen molar-refractivity contribution in [3.8, 4) is 0 Å². The van der Waals surface area contributed by atoms with Crippen LogP contribution < -0.4 is 16.0 Å². The molecule has 2 aliphatic heterocycles. The summed E-state index contributed by atoms with van der Waals surface area (Å²) in [7, 11) is 0. The minimum Gasteiger partial charge on any atom is -0.397 e. The number of hydrogen-bond donors (Lipinski definition) is 2. The molecule has 3 N–H and O–H groups in total. The van der Waals surface area contributed by atoms with Crippen LogP contribution in [-0.2, 0) is 4.79 Å². The lowest BCUT2D eigenvalue weighted by Crippen LogP contribution is -2.45. The van der Waals surface area contributed by atoms with Gasteiger partial charge >= 0.3 is 0 Å². The number of nitrogen functional groups attached to an aromatic ring is 1. The number of para-hydroxylation sites is 2. The molecule has 90 valence electrons. The van der Waals surface area contributed by atoms with Gasteiger partial charge in [-0.15, -0.1) is 0 Å². The number of hydrogen-bond acceptors (Lipinski definition) is 3. The lowest BCUT2D eigenvalue weighted by Gasteiger charge is -2.38. The highest BCUT2D eigenvalue weighted by atomic mass is 16.2. The van der Waals surface area contributed by atoms with Gasteiger partial charge in [0.2, 0.25) is 5.91 Å². The van der Waals surface area contributed by atoms with Crippen LogP contribution in [-0.4, -0.2) is 25.0 Å². The molecule has 17 heavy (non-hydrogen) atoms. The van der Waals surface area contributed by atoms with Gasteiger partial charge in [-0.3, -0.25) is 4.79 Å². The fraction of sp³-hybridized carbons (Fsp3) is 0.462. The molecule has 1 aromatic rings. The van der Waals surface area contributed by atoms with Crippen LogP contribution in [0.1, 0.15) is 12.8 Å². The second-order valence-corrected chi connectivity index (χ2v) is 4.81. The number of rotatable bonds is 1. The van der Waals surface area contributed by atoms with E-state index in [4.69, 9.17) is 5.73 Å². The largest absolute Gasteiger partial charge is 0.397 e. The van der Waals surface area contributed by atoms with Crippen molar-refractivity contribution in [2.45, 2.75) is 18.9 Å². The van der Waals surface area contributed by atoms with E-state index in [1.165, 1.54) is 0 Å². The number of carbonyl (C=O) groups excluding carboxylic acids is 1. The van der Waals surface area contributed by atoms with Gasteiger partial charge in [0.05, 0.1) is 23.3 Å². The fourth-order valence-corrected chi connectivity index (χ4v) is 3.00. The van der Waals surface area contributed by atoms with Crippen molar-refractivity contribution in [3.63, 3.8) is 0 Å². The molecule has 1 aromatic carbocycles. The van der Waals surface area contributed by atoms with Gasteiger partial charge in [-0.25, -0.2) is 0 Å². The Balaban J connectivity index is 1.93. The zero-order valence-electron chi connectivity index (χ0n) is 9.73. The van der Waals surface area contributed by atoms with Gasteiger partial charge < -0.3 is 16.0 Å². The van der Waals surface area contributed by atoms with E-state index in [1.807, 2.05) is 24.3 Å². The summed E-state index contributed by atoms with van der Waals surface area (Å²) < 4.78 is 0. The van der Waals surface area contributed by atoms with Crippen LogP contribution >= 0.6 is 0 Å². The Morgan fingerprint density at radius 1 is 1.35 bits per heavy atom. The van der Waals surface area contributed by atoms with Gasteiger partial charge in [0.1, 0.15) is 0 Å². The van der Waals surface area contributed by atoms with Gasteiger partial charge in [-0.05, 0) is 25.0 Å². The molecule has 4 heteroatoms. The van der Waals surface area contributed by atoms with E-state index in [0.29, 0.717) is 0 Å². The summed E-state index contributed by atoms with van der Waals surface area (Å²) in [6.45, 7) is 1.74. The highest BCUT2D eigenvalue weighted by molar-refractivity contribution is 5.83. The molecule has 0 aromatic heterocycles. The van der Waals surface area contributed by atoms with E-state index >= 15 is 0 Å². The van der Waals surface area contributed by atoms with E-state index in [9.17, 15) is 4.79 Å². The van der Waals surface area contributed by atoms with Gasteiger partial charge in [0, 0.05) is 13.1 Å². The van der Waals surface area contributed by atoms with E-state index in [0.717, 1.165) is 37.3 Å². The monoisotopic (exact) mass is 231 g/mol. The molecular weight excluding hydrogens is 214 g/mol. The van der Waals surface area contributed by atoms with Crippen LogP contribution in [0.4, 0.5) is 11.4 Å². The molecule has 2 saturated heterocycles. The summed E-state index contributed by atoms with van der Waals surface area (Å²) in [5, 5.41) is 2.96. The van der Waals surface area contributed by atoms with Crippen LogP contribution in [0, 0.1) is 5.92 Å². The second kappa shape index (κ2) is 3.95. The number of fused-ring (bicyclic) bond motifs is 1. The van der Waals surface area contributed by atoms with Crippen LogP contribution in [0.2, 0.25) is 0 Å². The number of piperidine rings is 1. The number of amides is 1. The van der Waals surface area contributed by atoms with Crippen LogP contribution in [0.5, 0.6) is 0 Å². The van der Waals surface area contributed by atoms with Crippen molar-refractivity contribution in [1.29, 1.82) is 0 Å². The standard InChI is InChI=1S/C13H17N3O/c14-10-5-1-2-6-11(10)16-7-3-4-9-12(16)8-15-13(9)17/h1-2,5-6,9,12H,3-4,7-8,14H2,(H,15,17). The number of nitrogens with one attached hydrogen (secondary N) is 1. The van der Waals surface area contributed by atoms with Gasteiger partial charge in [0.25, 0.3) is 0 Å². The molecule has 2 heterocycles. The maximum Gasteiger partial charge on any atom is 0.225 e. The first-order chi connectivity index (χ1) is 8.27. The Kier molecular flexibility index (Phi) is 2.42. The normalized spacial score (nSPS) is 27.8. The van der Waals surface area contributed by atoms with E-state index in [-0.39, 0.29) is 17.9 Å². The van der Waals surface area contributed by atoms with Crippen molar-refractivity contribution in [2.75, 3.05) is 23.7 Å². The Morgan fingerprint density at radius 2 is 2.18 bits per heavy atom. The molecule has 2 aliphatic rings. The van der Waals surface area contributed by atoms with Crippen molar-refractivity contribution in [3.05, 3.63) is 24.3 Å². The molecule has 3 rings (SSSR count). The van der Waals surface area contributed by atoms with Crippen LogP contribution in [0.15, 0.2) is 24.3 Å². The molecule has 0 spiro atoms. The first-order valence-electron chi connectivity index (χ1n) is 6.16. The summed E-state index contributed by atoms with van der Waals surface area (Å²) >= 11 is 0. The zero-order chi connectivity index (χ0) is 11.8. The average molecular weight is 231 g/mol. The maximum absolute atomic E-state index is 11.7. The van der Waals surface area contributed by atoms with E-state index in [2.05, 4.69) is 10.2 Å². The topological polar surface area (TPSA) is 58.4 Å². The van der Waals surface area contributed by atoms with Crippen LogP contribution in [0.3, 0.4) is 0 Å². The van der Waals surface area contributed by atoms with Crippen LogP contribution in [0.25, 0.3) is 0 Å². The molecule has 2 fully saturated rings. The molecule has 2 unspecified atom stereocenters. The first-order valence-corrected chi connectivity index (χ1v) is 6.16. The Hall–Kier alpha value is -1.71. The molecule has 1 amide bonds. The number of nitrogens with zero attached hydrogens (tertiary/aromatic N) is 1. The molecule has 0 saturated carbocycles. The quantitative estimate of drug-likeness (QED) is 0.708. The number of anilines is 2. The summed E-state index contributed by atoms with van der Waals surface area (Å²) in [4.78, 5) is 14.0.